The van der Waals surface area contributed by atoms with E-state index in [0.29, 0.717) is 17.5 Å². The Morgan fingerprint density at radius 2 is 1.43 bits per heavy atom. The van der Waals surface area contributed by atoms with Crippen LogP contribution < -0.4 is 27.0 Å². The van der Waals surface area contributed by atoms with Crippen LogP contribution in [0.25, 0.3) is 10.9 Å². The molecule has 0 unspecified atom stereocenters. The number of aromatic nitrogens is 1. The van der Waals surface area contributed by atoms with Crippen molar-refractivity contribution >= 4 is 46.3 Å². The lowest BCUT2D eigenvalue weighted by molar-refractivity contribution is -0.236. The van der Waals surface area contributed by atoms with Crippen molar-refractivity contribution in [1.29, 1.82) is 0 Å². The summed E-state index contributed by atoms with van der Waals surface area (Å²) < 4.78 is 5.31. The third kappa shape index (κ3) is 11.8. The Hall–Kier alpha value is -6.38. The molecule has 2 fully saturated rings. The molecule has 0 spiro atoms. The standard InChI is InChI=1S/C44H53N7O12/c45-40(59)30(19-24-7-2-1-3-8-24)48-41(60)31(21-26-22-46-29-10-5-4-9-28(26)29)49-42(61)33-11-6-18-51(33)44(62)32(20-25-12-14-27(53)15-13-25)47-35(54)16-17-36(55)50-43-39(58)38(57)37(56)34(23-52)63-43/h1-5,7-10,12-15,22,30-34,37-39,43,46,52-53,56-58H,6,11,16-21,23H2,(H2,45,59)(H,47,54)(H,48,60)(H,49,61)(H,50,55)/t30-,31-,32-,33-,34+,37+,38-,39+,43+/m0/s1. The van der Waals surface area contributed by atoms with Crippen LogP contribution in [-0.4, -0.2) is 139 Å². The molecule has 19 nitrogen and oxygen atoms in total. The normalized spacial score (nSPS) is 22.4. The Kier molecular flexibility index (Phi) is 15.5. The number of H-pyrrole nitrogens is 1. The Bertz CT molecular complexity index is 2240. The fraction of sp³-hybridized carbons (Fsp3) is 0.409. The number of hydrogen-bond donors (Lipinski definition) is 11. The molecule has 9 atom stereocenters. The SMILES string of the molecule is NC(=O)[C@H](Cc1ccccc1)NC(=O)[C@H](Cc1c[nH]c2ccccc12)NC(=O)[C@@H]1CCCN1C(=O)[C@H](Cc1ccc(O)cc1)NC(=O)CCC(=O)N[C@@H]1O[C@H](CO)[C@@H](O)[C@H](O)[C@H]1O. The van der Waals surface area contributed by atoms with Crippen molar-refractivity contribution in [3.63, 3.8) is 0 Å². The van der Waals surface area contributed by atoms with E-state index in [1.807, 2.05) is 30.3 Å². The molecule has 3 heterocycles. The highest BCUT2D eigenvalue weighted by Gasteiger charge is 2.44. The molecule has 63 heavy (non-hydrogen) atoms. The van der Waals surface area contributed by atoms with Crippen LogP contribution in [-0.2, 0) is 52.8 Å². The number of ether oxygens (including phenoxy) is 1. The lowest BCUT2D eigenvalue weighted by Gasteiger charge is -2.40. The van der Waals surface area contributed by atoms with E-state index in [1.54, 1.807) is 42.6 Å². The summed E-state index contributed by atoms with van der Waals surface area (Å²) in [5.41, 5.74) is 8.55. The molecule has 0 bridgehead atoms. The van der Waals surface area contributed by atoms with Gasteiger partial charge in [0.2, 0.25) is 35.4 Å². The molecule has 12 N–H and O–H groups in total. The van der Waals surface area contributed by atoms with Gasteiger partial charge in [-0.3, -0.25) is 28.8 Å². The van der Waals surface area contributed by atoms with Crippen LogP contribution in [0.1, 0.15) is 42.4 Å². The number of amides is 6. The molecule has 4 aromatic rings. The first-order valence-corrected chi connectivity index (χ1v) is 20.7. The van der Waals surface area contributed by atoms with Crippen LogP contribution >= 0.6 is 0 Å². The summed E-state index contributed by atoms with van der Waals surface area (Å²) in [7, 11) is 0. The van der Waals surface area contributed by atoms with Gasteiger partial charge in [0.1, 0.15) is 54.3 Å². The van der Waals surface area contributed by atoms with Crippen molar-refractivity contribution in [3.8, 4) is 5.75 Å². The number of carbonyl (C=O) groups excluding carboxylic acids is 6. The van der Waals surface area contributed by atoms with Gasteiger partial charge in [0.05, 0.1) is 6.61 Å². The fourth-order valence-electron chi connectivity index (χ4n) is 7.86. The molecule has 6 rings (SSSR count). The number of aromatic hydroxyl groups is 1. The van der Waals surface area contributed by atoms with Gasteiger partial charge in [0.25, 0.3) is 0 Å². The average Bonchev–Trinajstić information content (AvgIpc) is 3.94. The second-order valence-corrected chi connectivity index (χ2v) is 15.8. The number of nitrogens with one attached hydrogen (secondary N) is 5. The Morgan fingerprint density at radius 3 is 2.14 bits per heavy atom. The number of hydrogen-bond acceptors (Lipinski definition) is 12. The molecule has 1 aromatic heterocycles. The summed E-state index contributed by atoms with van der Waals surface area (Å²) in [6.45, 7) is -0.566. The minimum absolute atomic E-state index is 0.0164. The van der Waals surface area contributed by atoms with E-state index in [0.717, 1.165) is 16.5 Å². The first kappa shape index (κ1) is 46.1. The van der Waals surface area contributed by atoms with Crippen molar-refractivity contribution in [1.82, 2.24) is 31.2 Å². The van der Waals surface area contributed by atoms with Gasteiger partial charge in [-0.2, -0.15) is 0 Å². The van der Waals surface area contributed by atoms with Crippen molar-refractivity contribution in [2.75, 3.05) is 13.2 Å². The molecule has 19 heteroatoms. The van der Waals surface area contributed by atoms with E-state index in [2.05, 4.69) is 26.3 Å². The molecule has 3 aromatic carbocycles. The third-order valence-electron chi connectivity index (χ3n) is 11.3. The van der Waals surface area contributed by atoms with Crippen molar-refractivity contribution in [2.45, 2.75) is 99.8 Å². The fourth-order valence-corrected chi connectivity index (χ4v) is 7.86. The summed E-state index contributed by atoms with van der Waals surface area (Å²) in [5, 5.41) is 61.1. The lowest BCUT2D eigenvalue weighted by Crippen LogP contribution is -2.63. The van der Waals surface area contributed by atoms with Crippen LogP contribution in [0.4, 0.5) is 0 Å². The van der Waals surface area contributed by atoms with E-state index >= 15 is 0 Å². The summed E-state index contributed by atoms with van der Waals surface area (Å²) in [4.78, 5) is 85.9. The number of fused-ring (bicyclic) bond motifs is 1. The number of aromatic amines is 1. The molecule has 2 aliphatic rings. The maximum Gasteiger partial charge on any atom is 0.246 e. The van der Waals surface area contributed by atoms with Crippen molar-refractivity contribution in [2.24, 2.45) is 5.73 Å². The first-order valence-electron chi connectivity index (χ1n) is 20.7. The number of primary amides is 1. The largest absolute Gasteiger partial charge is 0.508 e. The number of nitrogens with two attached hydrogens (primary N) is 1. The summed E-state index contributed by atoms with van der Waals surface area (Å²) in [6.07, 6.45) is -6.29. The highest BCUT2D eigenvalue weighted by Crippen LogP contribution is 2.24. The lowest BCUT2D eigenvalue weighted by atomic mass is 9.98. The van der Waals surface area contributed by atoms with Crippen LogP contribution in [0.3, 0.4) is 0 Å². The van der Waals surface area contributed by atoms with Crippen LogP contribution in [0.5, 0.6) is 5.75 Å². The van der Waals surface area contributed by atoms with E-state index in [-0.39, 0.29) is 38.0 Å². The molecule has 0 aliphatic carbocycles. The van der Waals surface area contributed by atoms with Crippen molar-refractivity contribution < 1.29 is 59.0 Å². The monoisotopic (exact) mass is 871 g/mol. The van der Waals surface area contributed by atoms with Gasteiger partial charge < -0.3 is 67.2 Å². The molecular formula is C44H53N7O12. The minimum atomic E-state index is -1.73. The zero-order chi connectivity index (χ0) is 45.2. The van der Waals surface area contributed by atoms with Gasteiger partial charge in [-0.1, -0.05) is 60.7 Å². The van der Waals surface area contributed by atoms with Crippen LogP contribution in [0.15, 0.2) is 85.1 Å². The maximum absolute atomic E-state index is 14.4. The van der Waals surface area contributed by atoms with Crippen molar-refractivity contribution in [3.05, 3.63) is 102 Å². The molecule has 2 aliphatic heterocycles. The zero-order valence-electron chi connectivity index (χ0n) is 34.3. The van der Waals surface area contributed by atoms with Gasteiger partial charge in [-0.25, -0.2) is 0 Å². The predicted molar refractivity (Wildman–Crippen MR) is 225 cm³/mol. The number of phenolic OH excluding ortho intramolecular Hbond substituents is 1. The quantitative estimate of drug-likeness (QED) is 0.0547. The number of rotatable bonds is 18. The van der Waals surface area contributed by atoms with Gasteiger partial charge in [0.15, 0.2) is 6.23 Å². The second kappa shape index (κ2) is 21.1. The second-order valence-electron chi connectivity index (χ2n) is 15.8. The number of para-hydroxylation sites is 1. The van der Waals surface area contributed by atoms with Gasteiger partial charge in [-0.15, -0.1) is 0 Å². The Balaban J connectivity index is 1.16. The van der Waals surface area contributed by atoms with Gasteiger partial charge in [-0.05, 0) is 47.7 Å². The molecular weight excluding hydrogens is 819 g/mol. The number of likely N-dealkylation sites (tertiary alicyclic amines) is 1. The molecule has 6 amide bonds. The minimum Gasteiger partial charge on any atom is -0.508 e. The van der Waals surface area contributed by atoms with E-state index in [1.165, 1.54) is 17.0 Å². The topological polar surface area (TPSA) is 306 Å². The highest BCUT2D eigenvalue weighted by molar-refractivity contribution is 5.96. The van der Waals surface area contributed by atoms with Gasteiger partial charge in [0, 0.05) is 55.7 Å². The third-order valence-corrected chi connectivity index (χ3v) is 11.3. The Morgan fingerprint density at radius 1 is 0.762 bits per heavy atom. The molecule has 2 saturated heterocycles. The average molecular weight is 872 g/mol. The zero-order valence-corrected chi connectivity index (χ0v) is 34.3. The number of nitrogens with zero attached hydrogens (tertiary/aromatic N) is 1. The maximum atomic E-state index is 14.4. The smallest absolute Gasteiger partial charge is 0.246 e. The summed E-state index contributed by atoms with van der Waals surface area (Å²) in [5.74, 6) is -4.22. The molecule has 0 saturated carbocycles. The van der Waals surface area contributed by atoms with E-state index in [9.17, 15) is 54.3 Å². The van der Waals surface area contributed by atoms with E-state index in [4.69, 9.17) is 10.5 Å². The number of aliphatic hydroxyl groups is 4. The first-order chi connectivity index (χ1) is 30.2. The number of aliphatic hydroxyl groups excluding tert-OH is 4. The molecule has 0 radical (unpaired) electrons. The van der Waals surface area contributed by atoms with E-state index < -0.39 is 110 Å². The van der Waals surface area contributed by atoms with Crippen LogP contribution in [0, 0.1) is 0 Å². The summed E-state index contributed by atoms with van der Waals surface area (Å²) in [6, 6.07) is 17.7. The number of benzene rings is 3. The van der Waals surface area contributed by atoms with Gasteiger partial charge >= 0.3 is 0 Å². The number of carbonyl (C=O) groups is 6. The number of phenols is 1. The molecule has 336 valence electrons. The summed E-state index contributed by atoms with van der Waals surface area (Å²) >= 11 is 0. The Labute approximate surface area is 362 Å². The van der Waals surface area contributed by atoms with Crippen LogP contribution in [0.2, 0.25) is 0 Å². The highest BCUT2D eigenvalue weighted by atomic mass is 16.6. The predicted octanol–water partition coefficient (Wildman–Crippen LogP) is -1.47.